The van der Waals surface area contributed by atoms with Gasteiger partial charge in [0.1, 0.15) is 6.10 Å². The lowest BCUT2D eigenvalue weighted by molar-refractivity contribution is 0.218. The van der Waals surface area contributed by atoms with Gasteiger partial charge >= 0.3 is 0 Å². The zero-order valence-corrected chi connectivity index (χ0v) is 12.2. The van der Waals surface area contributed by atoms with Crippen LogP contribution in [0.5, 0.6) is 0 Å². The molecule has 100 valence electrons. The van der Waals surface area contributed by atoms with Crippen molar-refractivity contribution in [2.24, 2.45) is 0 Å². The lowest BCUT2D eigenvalue weighted by atomic mass is 10.00. The molecule has 0 fully saturated rings. The van der Waals surface area contributed by atoms with E-state index in [2.05, 4.69) is 28.1 Å². The molecule has 0 radical (unpaired) electrons. The first-order chi connectivity index (χ1) is 9.75. The van der Waals surface area contributed by atoms with E-state index in [4.69, 9.17) is 4.42 Å². The molecule has 1 atom stereocenters. The summed E-state index contributed by atoms with van der Waals surface area (Å²) in [6.07, 6.45) is 0.869. The van der Waals surface area contributed by atoms with Crippen LogP contribution in [0.25, 0.3) is 11.1 Å². The van der Waals surface area contributed by atoms with Crippen molar-refractivity contribution >= 4 is 15.9 Å². The first kappa shape index (κ1) is 13.2. The Bertz CT molecular complexity index is 687. The molecule has 3 rings (SSSR count). The van der Waals surface area contributed by atoms with Gasteiger partial charge in [-0.25, -0.2) is 0 Å². The van der Waals surface area contributed by atoms with Gasteiger partial charge in [0.05, 0.1) is 6.26 Å². The Hall–Kier alpha value is -1.84. The van der Waals surface area contributed by atoms with Crippen molar-refractivity contribution in [3.63, 3.8) is 0 Å². The predicted octanol–water partition coefficient (Wildman–Crippen LogP) is 4.79. The molecular formula is C17H13BrO2. The largest absolute Gasteiger partial charge is 0.457 e. The molecule has 0 aliphatic heterocycles. The lowest BCUT2D eigenvalue weighted by Gasteiger charge is -2.10. The molecule has 1 N–H and O–H groups in total. The maximum Gasteiger partial charge on any atom is 0.175 e. The van der Waals surface area contributed by atoms with Crippen molar-refractivity contribution in [1.82, 2.24) is 0 Å². The van der Waals surface area contributed by atoms with Crippen LogP contribution in [0.3, 0.4) is 0 Å². The lowest BCUT2D eigenvalue weighted by Crippen LogP contribution is -1.98. The molecule has 0 spiro atoms. The van der Waals surface area contributed by atoms with Crippen molar-refractivity contribution in [2.45, 2.75) is 6.10 Å². The van der Waals surface area contributed by atoms with Crippen LogP contribution in [0.1, 0.15) is 17.2 Å². The van der Waals surface area contributed by atoms with E-state index < -0.39 is 6.10 Å². The topological polar surface area (TPSA) is 33.4 Å². The minimum atomic E-state index is -0.687. The van der Waals surface area contributed by atoms with Gasteiger partial charge < -0.3 is 9.52 Å². The predicted molar refractivity (Wildman–Crippen MR) is 82.3 cm³/mol. The average molecular weight is 329 g/mol. The van der Waals surface area contributed by atoms with Crippen molar-refractivity contribution in [1.29, 1.82) is 0 Å². The molecule has 20 heavy (non-hydrogen) atoms. The fraction of sp³-hybridized carbons (Fsp3) is 0.0588. The van der Waals surface area contributed by atoms with E-state index in [1.165, 1.54) is 0 Å². The highest BCUT2D eigenvalue weighted by Gasteiger charge is 2.15. The number of hydrogen-bond acceptors (Lipinski definition) is 2. The van der Waals surface area contributed by atoms with E-state index >= 15 is 0 Å². The van der Waals surface area contributed by atoms with Crippen LogP contribution in [0.2, 0.25) is 0 Å². The third-order valence-corrected chi connectivity index (χ3v) is 3.92. The zero-order chi connectivity index (χ0) is 13.9. The summed E-state index contributed by atoms with van der Waals surface area (Å²) in [4.78, 5) is 0. The minimum Gasteiger partial charge on any atom is -0.457 e. The van der Waals surface area contributed by atoms with Gasteiger partial charge in [-0.15, -0.1) is 0 Å². The van der Waals surface area contributed by atoms with Crippen LogP contribution < -0.4 is 0 Å². The molecule has 2 nitrogen and oxygen atoms in total. The van der Waals surface area contributed by atoms with Gasteiger partial charge in [-0.1, -0.05) is 54.6 Å². The number of halogens is 1. The van der Waals surface area contributed by atoms with Crippen LogP contribution in [-0.2, 0) is 0 Å². The van der Waals surface area contributed by atoms with Gasteiger partial charge in [-0.2, -0.15) is 0 Å². The van der Waals surface area contributed by atoms with Gasteiger partial charge in [-0.3, -0.25) is 0 Å². The maximum absolute atomic E-state index is 10.3. The number of rotatable bonds is 3. The highest BCUT2D eigenvalue weighted by atomic mass is 79.9. The summed E-state index contributed by atoms with van der Waals surface area (Å²) in [7, 11) is 0. The van der Waals surface area contributed by atoms with Gasteiger partial charge in [0, 0.05) is 5.56 Å². The van der Waals surface area contributed by atoms with Crippen LogP contribution in [0, 0.1) is 0 Å². The normalized spacial score (nSPS) is 12.3. The number of hydrogen-bond donors (Lipinski definition) is 1. The molecule has 0 amide bonds. The number of aliphatic hydroxyl groups excluding tert-OH is 1. The Balaban J connectivity index is 1.89. The Morgan fingerprint density at radius 2 is 1.50 bits per heavy atom. The highest BCUT2D eigenvalue weighted by molar-refractivity contribution is 9.10. The summed E-state index contributed by atoms with van der Waals surface area (Å²) in [5, 5.41) is 10.3. The quantitative estimate of drug-likeness (QED) is 0.749. The maximum atomic E-state index is 10.3. The third-order valence-electron chi connectivity index (χ3n) is 3.27. The molecule has 3 heteroatoms. The molecule has 0 saturated heterocycles. The van der Waals surface area contributed by atoms with Crippen LogP contribution in [-0.4, -0.2) is 5.11 Å². The van der Waals surface area contributed by atoms with Crippen LogP contribution >= 0.6 is 15.9 Å². The van der Waals surface area contributed by atoms with Crippen molar-refractivity contribution in [2.75, 3.05) is 0 Å². The Morgan fingerprint density at radius 3 is 2.10 bits per heavy atom. The zero-order valence-electron chi connectivity index (χ0n) is 10.7. The first-order valence-corrected chi connectivity index (χ1v) is 7.11. The van der Waals surface area contributed by atoms with Gasteiger partial charge in [0.15, 0.2) is 4.67 Å². The van der Waals surface area contributed by atoms with Crippen molar-refractivity contribution in [3.05, 3.63) is 82.7 Å². The van der Waals surface area contributed by atoms with Gasteiger partial charge in [0.25, 0.3) is 0 Å². The van der Waals surface area contributed by atoms with E-state index in [-0.39, 0.29) is 0 Å². The molecule has 0 bridgehead atoms. The van der Waals surface area contributed by atoms with E-state index in [1.807, 2.05) is 42.5 Å². The second-order valence-electron chi connectivity index (χ2n) is 4.54. The SMILES string of the molecule is OC(c1ccc(-c2ccccc2)cc1)c1ccoc1Br. The number of aliphatic hydroxyl groups is 1. The van der Waals surface area contributed by atoms with E-state index in [1.54, 1.807) is 12.3 Å². The van der Waals surface area contributed by atoms with Gasteiger partial charge in [0.2, 0.25) is 0 Å². The molecule has 1 aromatic heterocycles. The fourth-order valence-electron chi connectivity index (χ4n) is 2.17. The third kappa shape index (κ3) is 2.55. The van der Waals surface area contributed by atoms with Crippen LogP contribution in [0.15, 0.2) is 76.0 Å². The molecule has 1 heterocycles. The molecule has 3 aromatic rings. The standard InChI is InChI=1S/C17H13BrO2/c18-17-15(10-11-20-17)16(19)14-8-6-13(7-9-14)12-4-2-1-3-5-12/h1-11,16,19H. The summed E-state index contributed by atoms with van der Waals surface area (Å²) in [5.41, 5.74) is 3.87. The van der Waals surface area contributed by atoms with E-state index in [0.717, 1.165) is 22.3 Å². The molecule has 0 saturated carbocycles. The van der Waals surface area contributed by atoms with E-state index in [9.17, 15) is 5.11 Å². The van der Waals surface area contributed by atoms with E-state index in [0.29, 0.717) is 4.67 Å². The molecule has 1 unspecified atom stereocenters. The Labute approximate surface area is 125 Å². The summed E-state index contributed by atoms with van der Waals surface area (Å²) in [5.74, 6) is 0. The van der Waals surface area contributed by atoms with Crippen molar-refractivity contribution in [3.8, 4) is 11.1 Å². The summed E-state index contributed by atoms with van der Waals surface area (Å²) < 4.78 is 5.72. The summed E-state index contributed by atoms with van der Waals surface area (Å²) in [6, 6.07) is 19.8. The summed E-state index contributed by atoms with van der Waals surface area (Å²) >= 11 is 3.29. The smallest absolute Gasteiger partial charge is 0.175 e. The second kappa shape index (κ2) is 5.65. The van der Waals surface area contributed by atoms with Crippen LogP contribution in [0.4, 0.5) is 0 Å². The number of furan rings is 1. The monoisotopic (exact) mass is 328 g/mol. The first-order valence-electron chi connectivity index (χ1n) is 6.32. The minimum absolute atomic E-state index is 0.567. The second-order valence-corrected chi connectivity index (χ2v) is 5.26. The molecule has 0 aliphatic rings. The molecule has 0 aliphatic carbocycles. The Morgan fingerprint density at radius 1 is 0.850 bits per heavy atom. The average Bonchev–Trinajstić information content (AvgIpc) is 2.94. The molecule has 2 aromatic carbocycles. The van der Waals surface area contributed by atoms with Gasteiger partial charge in [-0.05, 0) is 38.7 Å². The highest BCUT2D eigenvalue weighted by Crippen LogP contribution is 2.30. The van der Waals surface area contributed by atoms with Crippen molar-refractivity contribution < 1.29 is 9.52 Å². The fourth-order valence-corrected chi connectivity index (χ4v) is 2.62. The Kier molecular flexibility index (Phi) is 3.72. The molecular weight excluding hydrogens is 316 g/mol. The summed E-state index contributed by atoms with van der Waals surface area (Å²) in [6.45, 7) is 0. The number of benzene rings is 2.